The van der Waals surface area contributed by atoms with Crippen LogP contribution in [0.25, 0.3) is 0 Å². The van der Waals surface area contributed by atoms with Gasteiger partial charge in [-0.1, -0.05) is 30.3 Å². The van der Waals surface area contributed by atoms with E-state index in [1.807, 2.05) is 0 Å². The summed E-state index contributed by atoms with van der Waals surface area (Å²) in [5.41, 5.74) is -0.993. The van der Waals surface area contributed by atoms with Crippen molar-refractivity contribution >= 4 is 21.8 Å². The van der Waals surface area contributed by atoms with E-state index >= 15 is 0 Å². The van der Waals surface area contributed by atoms with E-state index in [9.17, 15) is 35.6 Å². The lowest BCUT2D eigenvalue weighted by molar-refractivity contribution is -0.140. The quantitative estimate of drug-likeness (QED) is 0.555. The maximum absolute atomic E-state index is 14.0. The largest absolute Gasteiger partial charge is 0.417 e. The molecule has 0 aliphatic carbocycles. The van der Waals surface area contributed by atoms with Gasteiger partial charge < -0.3 is 10.6 Å². The van der Waals surface area contributed by atoms with Crippen LogP contribution in [-0.4, -0.2) is 49.7 Å². The third kappa shape index (κ3) is 6.57. The smallest absolute Gasteiger partial charge is 0.351 e. The molecule has 1 aliphatic heterocycles. The molecule has 0 radical (unpaired) electrons. The van der Waals surface area contributed by atoms with Gasteiger partial charge in [0.05, 0.1) is 10.5 Å². The summed E-state index contributed by atoms with van der Waals surface area (Å²) in [4.78, 5) is 23.6. The standard InChI is InChI=1S/C23H25F4N3O4S/c1-15(31)28-20(14-16-6-2-4-8-19(16)24)22(32)29-17-10-12-30(13-11-17)35(33,34)21-9-5-3-7-18(21)23(25,26)27/h2-9,17,20H,10-14H2,1H3,(H,28,31)(H,29,32)/t20-/m0/s1. The predicted molar refractivity (Wildman–Crippen MR) is 119 cm³/mol. The average molecular weight is 516 g/mol. The van der Waals surface area contributed by atoms with Crippen LogP contribution in [0.5, 0.6) is 0 Å². The number of piperidine rings is 1. The number of alkyl halides is 3. The lowest BCUT2D eigenvalue weighted by atomic mass is 10.0. The van der Waals surface area contributed by atoms with Gasteiger partial charge in [0.25, 0.3) is 0 Å². The van der Waals surface area contributed by atoms with E-state index in [1.54, 1.807) is 6.07 Å². The molecule has 0 bridgehead atoms. The maximum Gasteiger partial charge on any atom is 0.417 e. The van der Waals surface area contributed by atoms with E-state index in [-0.39, 0.29) is 37.9 Å². The Bertz CT molecular complexity index is 1180. The SMILES string of the molecule is CC(=O)N[C@@H](Cc1ccccc1F)C(=O)NC1CCN(S(=O)(=O)c2ccccc2C(F)(F)F)CC1. The molecule has 2 aromatic carbocycles. The molecule has 7 nitrogen and oxygen atoms in total. The molecule has 0 unspecified atom stereocenters. The van der Waals surface area contributed by atoms with E-state index in [2.05, 4.69) is 10.6 Å². The minimum atomic E-state index is -4.83. The highest BCUT2D eigenvalue weighted by Crippen LogP contribution is 2.35. The second-order valence-electron chi connectivity index (χ2n) is 8.23. The van der Waals surface area contributed by atoms with Gasteiger partial charge in [0.2, 0.25) is 21.8 Å². The van der Waals surface area contributed by atoms with Crippen molar-refractivity contribution in [3.63, 3.8) is 0 Å². The molecule has 2 aromatic rings. The first-order valence-electron chi connectivity index (χ1n) is 10.9. The Morgan fingerprint density at radius 2 is 1.66 bits per heavy atom. The zero-order valence-corrected chi connectivity index (χ0v) is 19.6. The minimum absolute atomic E-state index is 0.0838. The van der Waals surface area contributed by atoms with E-state index in [0.717, 1.165) is 22.5 Å². The lowest BCUT2D eigenvalue weighted by Crippen LogP contribution is -2.53. The van der Waals surface area contributed by atoms with Crippen LogP contribution in [0.3, 0.4) is 0 Å². The van der Waals surface area contributed by atoms with Gasteiger partial charge in [-0.2, -0.15) is 17.5 Å². The van der Waals surface area contributed by atoms with Crippen LogP contribution in [0.15, 0.2) is 53.4 Å². The molecule has 1 atom stereocenters. The van der Waals surface area contributed by atoms with Gasteiger partial charge in [-0.25, -0.2) is 12.8 Å². The van der Waals surface area contributed by atoms with Crippen LogP contribution < -0.4 is 10.6 Å². The Morgan fingerprint density at radius 1 is 1.06 bits per heavy atom. The van der Waals surface area contributed by atoms with E-state index in [1.165, 1.54) is 31.2 Å². The Labute approximate surface area is 200 Å². The normalized spacial score (nSPS) is 16.5. The Kier molecular flexibility index (Phi) is 8.16. The topological polar surface area (TPSA) is 95.6 Å². The first-order chi connectivity index (χ1) is 16.4. The van der Waals surface area contributed by atoms with Crippen LogP contribution in [0.2, 0.25) is 0 Å². The number of hydrogen-bond donors (Lipinski definition) is 2. The molecule has 3 rings (SSSR count). The van der Waals surface area contributed by atoms with E-state index < -0.39 is 56.4 Å². The molecule has 12 heteroatoms. The number of halogens is 4. The molecular weight excluding hydrogens is 490 g/mol. The van der Waals surface area contributed by atoms with Crippen molar-refractivity contribution in [1.82, 2.24) is 14.9 Å². The number of rotatable bonds is 7. The average Bonchev–Trinajstić information content (AvgIpc) is 2.79. The number of hydrogen-bond acceptors (Lipinski definition) is 4. The van der Waals surface area contributed by atoms with Gasteiger partial charge in [0, 0.05) is 32.5 Å². The number of carbonyl (C=O) groups is 2. The molecule has 0 spiro atoms. The van der Waals surface area contributed by atoms with Gasteiger partial charge in [-0.05, 0) is 36.6 Å². The van der Waals surface area contributed by atoms with E-state index in [4.69, 9.17) is 0 Å². The number of carbonyl (C=O) groups excluding carboxylic acids is 2. The Morgan fingerprint density at radius 3 is 2.26 bits per heavy atom. The van der Waals surface area contributed by atoms with Crippen molar-refractivity contribution in [1.29, 1.82) is 0 Å². The first kappa shape index (κ1) is 26.6. The molecule has 190 valence electrons. The summed E-state index contributed by atoms with van der Waals surface area (Å²) >= 11 is 0. The number of nitrogens with one attached hydrogen (secondary N) is 2. The maximum atomic E-state index is 14.0. The highest BCUT2D eigenvalue weighted by atomic mass is 32.2. The highest BCUT2D eigenvalue weighted by molar-refractivity contribution is 7.89. The van der Waals surface area contributed by atoms with Crippen molar-refractivity contribution < 1.29 is 35.6 Å². The first-order valence-corrected chi connectivity index (χ1v) is 12.3. The number of sulfonamides is 1. The monoisotopic (exact) mass is 515 g/mol. The van der Waals surface area contributed by atoms with Crippen molar-refractivity contribution in [2.75, 3.05) is 13.1 Å². The van der Waals surface area contributed by atoms with Crippen LogP contribution in [0.1, 0.15) is 30.9 Å². The van der Waals surface area contributed by atoms with Crippen LogP contribution in [0.4, 0.5) is 17.6 Å². The van der Waals surface area contributed by atoms with Crippen molar-refractivity contribution in [2.24, 2.45) is 0 Å². The molecule has 1 fully saturated rings. The summed E-state index contributed by atoms with van der Waals surface area (Å²) in [5.74, 6) is -1.56. The fraction of sp³-hybridized carbons (Fsp3) is 0.391. The molecule has 0 saturated carbocycles. The zero-order chi connectivity index (χ0) is 25.8. The Balaban J connectivity index is 1.66. The van der Waals surface area contributed by atoms with Gasteiger partial charge >= 0.3 is 6.18 Å². The minimum Gasteiger partial charge on any atom is -0.351 e. The van der Waals surface area contributed by atoms with Crippen LogP contribution in [-0.2, 0) is 32.2 Å². The fourth-order valence-electron chi connectivity index (χ4n) is 3.95. The molecule has 2 amide bonds. The van der Waals surface area contributed by atoms with Crippen molar-refractivity contribution in [3.8, 4) is 0 Å². The second-order valence-corrected chi connectivity index (χ2v) is 10.1. The summed E-state index contributed by atoms with van der Waals surface area (Å²) in [7, 11) is -4.40. The lowest BCUT2D eigenvalue weighted by Gasteiger charge is -2.33. The zero-order valence-electron chi connectivity index (χ0n) is 18.8. The molecular formula is C23H25F4N3O4S. The molecule has 1 saturated heterocycles. The molecule has 35 heavy (non-hydrogen) atoms. The molecule has 0 aromatic heterocycles. The predicted octanol–water partition coefficient (Wildman–Crippen LogP) is 2.86. The van der Waals surface area contributed by atoms with Crippen LogP contribution >= 0.6 is 0 Å². The third-order valence-corrected chi connectivity index (χ3v) is 7.64. The number of benzene rings is 2. The summed E-state index contributed by atoms with van der Waals surface area (Å²) in [6.07, 6.45) is -4.59. The fourth-order valence-corrected chi connectivity index (χ4v) is 5.63. The molecule has 2 N–H and O–H groups in total. The summed E-state index contributed by atoms with van der Waals surface area (Å²) < 4.78 is 80.7. The highest BCUT2D eigenvalue weighted by Gasteiger charge is 2.40. The van der Waals surface area contributed by atoms with Crippen molar-refractivity contribution in [2.45, 2.75) is 49.3 Å². The van der Waals surface area contributed by atoms with Gasteiger partial charge in [0.1, 0.15) is 11.9 Å². The second kappa shape index (κ2) is 10.7. The molecule has 1 aliphatic rings. The number of amides is 2. The van der Waals surface area contributed by atoms with Crippen LogP contribution in [0, 0.1) is 5.82 Å². The third-order valence-electron chi connectivity index (χ3n) is 5.69. The summed E-state index contributed by atoms with van der Waals surface area (Å²) in [6.45, 7) is 1.03. The summed E-state index contributed by atoms with van der Waals surface area (Å²) in [6, 6.07) is 8.32. The van der Waals surface area contributed by atoms with Gasteiger partial charge in [0.15, 0.2) is 0 Å². The van der Waals surface area contributed by atoms with E-state index in [0.29, 0.717) is 0 Å². The van der Waals surface area contributed by atoms with Gasteiger partial charge in [-0.3, -0.25) is 9.59 Å². The van der Waals surface area contributed by atoms with Crippen molar-refractivity contribution in [3.05, 3.63) is 65.5 Å². The van der Waals surface area contributed by atoms with Gasteiger partial charge in [-0.15, -0.1) is 0 Å². The number of nitrogens with zero attached hydrogens (tertiary/aromatic N) is 1. The Hall–Kier alpha value is -2.99. The molecule has 1 heterocycles. The summed E-state index contributed by atoms with van der Waals surface area (Å²) in [5, 5.41) is 5.22.